The Balaban J connectivity index is 1.74. The highest BCUT2D eigenvalue weighted by Crippen LogP contribution is 2.27. The summed E-state index contributed by atoms with van der Waals surface area (Å²) in [6, 6.07) is 1.87. The third-order valence-electron chi connectivity index (χ3n) is 4.93. The number of anilines is 1. The fraction of sp³-hybridized carbons (Fsp3) is 0.524. The third kappa shape index (κ3) is 5.71. The Bertz CT molecular complexity index is 839. The minimum absolute atomic E-state index is 0.212. The Morgan fingerprint density at radius 2 is 2.18 bits per heavy atom. The summed E-state index contributed by atoms with van der Waals surface area (Å²) < 4.78 is 1.94. The van der Waals surface area contributed by atoms with Crippen LogP contribution in [-0.4, -0.2) is 65.1 Å². The van der Waals surface area contributed by atoms with Crippen molar-refractivity contribution >= 4 is 17.3 Å². The van der Waals surface area contributed by atoms with Gasteiger partial charge in [0.2, 0.25) is 0 Å². The van der Waals surface area contributed by atoms with E-state index in [0.29, 0.717) is 11.1 Å². The molecule has 3 heterocycles. The lowest BCUT2D eigenvalue weighted by atomic mass is 9.98. The van der Waals surface area contributed by atoms with Crippen LogP contribution in [0, 0.1) is 17.8 Å². The Kier molecular flexibility index (Phi) is 7.32. The summed E-state index contributed by atoms with van der Waals surface area (Å²) in [4.78, 5) is 8.63. The number of hydrogen-bond donors (Lipinski definition) is 1. The van der Waals surface area contributed by atoms with Gasteiger partial charge in [0.25, 0.3) is 0 Å². The summed E-state index contributed by atoms with van der Waals surface area (Å²) >= 11 is 6.15. The maximum Gasteiger partial charge on any atom is 0.131 e. The van der Waals surface area contributed by atoms with Crippen molar-refractivity contribution in [1.29, 1.82) is 0 Å². The van der Waals surface area contributed by atoms with Crippen molar-refractivity contribution in [1.82, 2.24) is 19.7 Å². The second kappa shape index (κ2) is 9.92. The van der Waals surface area contributed by atoms with Crippen molar-refractivity contribution in [2.24, 2.45) is 5.92 Å². The first kappa shape index (κ1) is 20.7. The molecule has 0 bridgehead atoms. The molecule has 0 amide bonds. The molecule has 0 saturated carbocycles. The largest absolute Gasteiger partial charge is 0.396 e. The van der Waals surface area contributed by atoms with Gasteiger partial charge in [0.05, 0.1) is 23.0 Å². The van der Waals surface area contributed by atoms with Gasteiger partial charge in [-0.05, 0) is 45.8 Å². The van der Waals surface area contributed by atoms with E-state index in [-0.39, 0.29) is 6.61 Å². The minimum atomic E-state index is 0.212. The van der Waals surface area contributed by atoms with Gasteiger partial charge in [-0.2, -0.15) is 5.10 Å². The molecule has 1 unspecified atom stereocenters. The maximum absolute atomic E-state index is 9.52. The zero-order chi connectivity index (χ0) is 19.9. The highest BCUT2D eigenvalue weighted by atomic mass is 35.5. The molecule has 2 aromatic heterocycles. The van der Waals surface area contributed by atoms with Crippen LogP contribution in [0.2, 0.25) is 5.15 Å². The molecule has 1 aliphatic heterocycles. The van der Waals surface area contributed by atoms with E-state index in [9.17, 15) is 5.11 Å². The number of piperidine rings is 1. The highest BCUT2D eigenvalue weighted by molar-refractivity contribution is 6.29. The Labute approximate surface area is 172 Å². The SMILES string of the molecule is CN(C)CCCn1cc(C#Cc2cnc(Cl)cc2N2CCCC(CO)C2)cn1. The summed E-state index contributed by atoms with van der Waals surface area (Å²) in [5.74, 6) is 6.73. The van der Waals surface area contributed by atoms with Crippen LogP contribution in [0.4, 0.5) is 5.69 Å². The number of aromatic nitrogens is 3. The van der Waals surface area contributed by atoms with Gasteiger partial charge in [0.1, 0.15) is 5.15 Å². The summed E-state index contributed by atoms with van der Waals surface area (Å²) in [6.45, 7) is 3.88. The average molecular weight is 402 g/mol. The second-order valence-corrected chi connectivity index (χ2v) is 7.95. The van der Waals surface area contributed by atoms with Gasteiger partial charge in [-0.3, -0.25) is 4.68 Å². The molecule has 7 heteroatoms. The molecule has 0 radical (unpaired) electrons. The first-order valence-corrected chi connectivity index (χ1v) is 10.1. The first-order chi connectivity index (χ1) is 13.5. The minimum Gasteiger partial charge on any atom is -0.396 e. The molecule has 1 fully saturated rings. The summed E-state index contributed by atoms with van der Waals surface area (Å²) in [7, 11) is 4.14. The number of aliphatic hydroxyl groups is 1. The van der Waals surface area contributed by atoms with Crippen molar-refractivity contribution in [2.75, 3.05) is 45.2 Å². The Hall–Kier alpha value is -2.07. The molecule has 2 aromatic rings. The predicted octanol–water partition coefficient (Wildman–Crippen LogP) is 2.49. The van der Waals surface area contributed by atoms with Crippen LogP contribution >= 0.6 is 11.6 Å². The van der Waals surface area contributed by atoms with Crippen LogP contribution in [0.5, 0.6) is 0 Å². The molecular weight excluding hydrogens is 374 g/mol. The van der Waals surface area contributed by atoms with E-state index in [1.54, 1.807) is 12.4 Å². The van der Waals surface area contributed by atoms with Crippen molar-refractivity contribution in [3.8, 4) is 11.8 Å². The number of halogens is 1. The van der Waals surface area contributed by atoms with E-state index in [0.717, 1.165) is 62.3 Å². The fourth-order valence-corrected chi connectivity index (χ4v) is 3.60. The van der Waals surface area contributed by atoms with Crippen molar-refractivity contribution in [3.05, 3.63) is 40.9 Å². The van der Waals surface area contributed by atoms with Crippen LogP contribution in [0.1, 0.15) is 30.4 Å². The van der Waals surface area contributed by atoms with E-state index in [1.165, 1.54) is 0 Å². The summed E-state index contributed by atoms with van der Waals surface area (Å²) in [5.41, 5.74) is 2.73. The smallest absolute Gasteiger partial charge is 0.131 e. The molecule has 0 aromatic carbocycles. The van der Waals surface area contributed by atoms with Gasteiger partial charge in [0, 0.05) is 44.7 Å². The summed E-state index contributed by atoms with van der Waals surface area (Å²) in [6.07, 6.45) is 8.67. The zero-order valence-corrected chi connectivity index (χ0v) is 17.4. The monoisotopic (exact) mass is 401 g/mol. The third-order valence-corrected chi connectivity index (χ3v) is 5.14. The standard InChI is InChI=1S/C21H28ClN5O/c1-25(2)8-4-10-27-15-17(12-24-27)6-7-19-13-23-21(22)11-20(19)26-9-3-5-18(14-26)16-28/h11-13,15,18,28H,3-5,8-10,14,16H2,1-2H3. The van der Waals surface area contributed by atoms with E-state index in [1.807, 2.05) is 16.9 Å². The number of nitrogens with zero attached hydrogens (tertiary/aromatic N) is 5. The van der Waals surface area contributed by atoms with Crippen LogP contribution in [0.25, 0.3) is 0 Å². The van der Waals surface area contributed by atoms with Crippen LogP contribution in [0.3, 0.4) is 0 Å². The molecule has 28 heavy (non-hydrogen) atoms. The van der Waals surface area contributed by atoms with Gasteiger partial charge in [0.15, 0.2) is 0 Å². The summed E-state index contributed by atoms with van der Waals surface area (Å²) in [5, 5.41) is 14.4. The molecule has 150 valence electrons. The van der Waals surface area contributed by atoms with Crippen LogP contribution < -0.4 is 4.90 Å². The molecule has 6 nitrogen and oxygen atoms in total. The molecule has 1 N–H and O–H groups in total. The van der Waals surface area contributed by atoms with E-state index >= 15 is 0 Å². The topological polar surface area (TPSA) is 57.4 Å². The molecular formula is C21H28ClN5O. The average Bonchev–Trinajstić information content (AvgIpc) is 3.14. The lowest BCUT2D eigenvalue weighted by molar-refractivity contribution is 0.208. The molecule has 1 aliphatic rings. The maximum atomic E-state index is 9.52. The second-order valence-electron chi connectivity index (χ2n) is 7.56. The number of hydrogen-bond acceptors (Lipinski definition) is 5. The quantitative estimate of drug-likeness (QED) is 0.595. The Morgan fingerprint density at radius 3 is 2.96 bits per heavy atom. The predicted molar refractivity (Wildman–Crippen MR) is 113 cm³/mol. The number of pyridine rings is 1. The lowest BCUT2D eigenvalue weighted by Crippen LogP contribution is -2.37. The van der Waals surface area contributed by atoms with Crippen molar-refractivity contribution < 1.29 is 5.11 Å². The molecule has 0 aliphatic carbocycles. The van der Waals surface area contributed by atoms with Crippen molar-refractivity contribution in [2.45, 2.75) is 25.8 Å². The fourth-order valence-electron chi connectivity index (χ4n) is 3.45. The molecule has 3 rings (SSSR count). The Morgan fingerprint density at radius 1 is 1.32 bits per heavy atom. The molecule has 1 atom stereocenters. The van der Waals surface area contributed by atoms with Gasteiger partial charge in [-0.1, -0.05) is 23.4 Å². The van der Waals surface area contributed by atoms with E-state index < -0.39 is 0 Å². The normalized spacial score (nSPS) is 16.9. The van der Waals surface area contributed by atoms with Crippen molar-refractivity contribution in [3.63, 3.8) is 0 Å². The van der Waals surface area contributed by atoms with Gasteiger partial charge < -0.3 is 14.9 Å². The van der Waals surface area contributed by atoms with E-state index in [2.05, 4.69) is 45.8 Å². The lowest BCUT2D eigenvalue weighted by Gasteiger charge is -2.34. The van der Waals surface area contributed by atoms with Gasteiger partial charge in [-0.15, -0.1) is 0 Å². The van der Waals surface area contributed by atoms with Gasteiger partial charge in [-0.25, -0.2) is 4.98 Å². The highest BCUT2D eigenvalue weighted by Gasteiger charge is 2.21. The molecule has 1 saturated heterocycles. The molecule has 0 spiro atoms. The van der Waals surface area contributed by atoms with Crippen LogP contribution in [0.15, 0.2) is 24.7 Å². The first-order valence-electron chi connectivity index (χ1n) is 9.75. The van der Waals surface area contributed by atoms with Gasteiger partial charge >= 0.3 is 0 Å². The van der Waals surface area contributed by atoms with Crippen LogP contribution in [-0.2, 0) is 6.54 Å². The number of aryl methyl sites for hydroxylation is 1. The zero-order valence-electron chi connectivity index (χ0n) is 16.6. The van der Waals surface area contributed by atoms with E-state index in [4.69, 9.17) is 11.6 Å². The number of rotatable bonds is 6. The number of aliphatic hydroxyl groups excluding tert-OH is 1.